The predicted molar refractivity (Wildman–Crippen MR) is 74.7 cm³/mol. The zero-order valence-corrected chi connectivity index (χ0v) is 12.5. The van der Waals surface area contributed by atoms with E-state index in [9.17, 15) is 4.79 Å². The lowest BCUT2D eigenvalue weighted by atomic mass is 9.90. The summed E-state index contributed by atoms with van der Waals surface area (Å²) in [6.07, 6.45) is 1.98. The first kappa shape index (κ1) is 13.1. The van der Waals surface area contributed by atoms with Gasteiger partial charge in [0.15, 0.2) is 0 Å². The van der Waals surface area contributed by atoms with E-state index < -0.39 is 0 Å². The minimum Gasteiger partial charge on any atom is -0.346 e. The number of aryl methyl sites for hydroxylation is 1. The van der Waals surface area contributed by atoms with Crippen LogP contribution in [0.1, 0.15) is 35.0 Å². The predicted octanol–water partition coefficient (Wildman–Crippen LogP) is 2.69. The Labute approximate surface area is 114 Å². The Hall–Kier alpha value is -0.390. The van der Waals surface area contributed by atoms with Gasteiger partial charge in [-0.25, -0.2) is 0 Å². The van der Waals surface area contributed by atoms with E-state index in [1.165, 1.54) is 11.3 Å². The number of hydrogen-bond donors (Lipinski definition) is 2. The van der Waals surface area contributed by atoms with Gasteiger partial charge in [0, 0.05) is 5.54 Å². The number of hydrogen-bond acceptors (Lipinski definition) is 3. The van der Waals surface area contributed by atoms with Crippen molar-refractivity contribution in [1.82, 2.24) is 10.6 Å². The van der Waals surface area contributed by atoms with E-state index >= 15 is 0 Å². The van der Waals surface area contributed by atoms with E-state index in [1.54, 1.807) is 0 Å². The molecule has 94 valence electrons. The standard InChI is InChI=1S/C12H17BrN2OS/c1-8-7-9(17-10(8)13)11(16)15-12(2)3-5-14-6-4-12/h7,14H,3-6H2,1-2H3,(H,15,16). The third-order valence-electron chi connectivity index (χ3n) is 3.20. The molecule has 0 spiro atoms. The molecule has 1 aromatic rings. The lowest BCUT2D eigenvalue weighted by Crippen LogP contribution is -2.52. The van der Waals surface area contributed by atoms with Crippen molar-refractivity contribution in [3.8, 4) is 0 Å². The minimum atomic E-state index is -0.0628. The number of rotatable bonds is 2. The highest BCUT2D eigenvalue weighted by Gasteiger charge is 2.29. The number of thiophene rings is 1. The highest BCUT2D eigenvalue weighted by atomic mass is 79.9. The zero-order valence-electron chi connectivity index (χ0n) is 10.1. The van der Waals surface area contributed by atoms with Crippen molar-refractivity contribution in [3.63, 3.8) is 0 Å². The quantitative estimate of drug-likeness (QED) is 0.880. The Bertz CT molecular complexity index is 405. The summed E-state index contributed by atoms with van der Waals surface area (Å²) in [5.41, 5.74) is 1.06. The number of halogens is 1. The molecule has 0 saturated carbocycles. The molecule has 0 bridgehead atoms. The van der Waals surface area contributed by atoms with Gasteiger partial charge in [-0.05, 0) is 67.3 Å². The van der Waals surface area contributed by atoms with Gasteiger partial charge >= 0.3 is 0 Å². The second-order valence-corrected chi connectivity index (χ2v) is 7.20. The van der Waals surface area contributed by atoms with Crippen LogP contribution in [-0.2, 0) is 0 Å². The minimum absolute atomic E-state index is 0.0493. The first-order valence-electron chi connectivity index (χ1n) is 5.79. The van der Waals surface area contributed by atoms with Gasteiger partial charge in [-0.3, -0.25) is 4.79 Å². The summed E-state index contributed by atoms with van der Waals surface area (Å²) in [4.78, 5) is 12.9. The SMILES string of the molecule is Cc1cc(C(=O)NC2(C)CCNCC2)sc1Br. The summed E-state index contributed by atoms with van der Waals surface area (Å²) < 4.78 is 1.04. The fourth-order valence-corrected chi connectivity index (χ4v) is 3.44. The average Bonchev–Trinajstić information content (AvgIpc) is 2.60. The van der Waals surface area contributed by atoms with Crippen LogP contribution in [0.2, 0.25) is 0 Å². The highest BCUT2D eigenvalue weighted by molar-refractivity contribution is 9.11. The van der Waals surface area contributed by atoms with E-state index in [2.05, 4.69) is 33.5 Å². The summed E-state index contributed by atoms with van der Waals surface area (Å²) >= 11 is 4.95. The Morgan fingerprint density at radius 2 is 2.18 bits per heavy atom. The third-order valence-corrected chi connectivity index (χ3v) is 5.34. The Morgan fingerprint density at radius 1 is 1.53 bits per heavy atom. The Balaban J connectivity index is 2.05. The number of amides is 1. The third kappa shape index (κ3) is 3.09. The van der Waals surface area contributed by atoms with Gasteiger partial charge in [0.1, 0.15) is 0 Å². The van der Waals surface area contributed by atoms with E-state index in [-0.39, 0.29) is 11.4 Å². The lowest BCUT2D eigenvalue weighted by molar-refractivity contribution is 0.0892. The van der Waals surface area contributed by atoms with Crippen molar-refractivity contribution < 1.29 is 4.79 Å². The van der Waals surface area contributed by atoms with Crippen LogP contribution in [0.3, 0.4) is 0 Å². The molecular formula is C12H17BrN2OS. The summed E-state index contributed by atoms with van der Waals surface area (Å²) in [7, 11) is 0. The number of nitrogens with one attached hydrogen (secondary N) is 2. The highest BCUT2D eigenvalue weighted by Crippen LogP contribution is 2.28. The smallest absolute Gasteiger partial charge is 0.261 e. The van der Waals surface area contributed by atoms with Crippen molar-refractivity contribution in [2.24, 2.45) is 0 Å². The number of carbonyl (C=O) groups is 1. The molecule has 5 heteroatoms. The van der Waals surface area contributed by atoms with E-state index in [0.717, 1.165) is 40.2 Å². The van der Waals surface area contributed by atoms with Crippen molar-refractivity contribution >= 4 is 33.2 Å². The van der Waals surface area contributed by atoms with Crippen LogP contribution in [0.4, 0.5) is 0 Å². The molecule has 1 aliphatic heterocycles. The largest absolute Gasteiger partial charge is 0.346 e. The zero-order chi connectivity index (χ0) is 12.5. The second kappa shape index (κ2) is 5.08. The van der Waals surface area contributed by atoms with Crippen LogP contribution in [0, 0.1) is 6.92 Å². The molecule has 0 atom stereocenters. The molecule has 0 aromatic carbocycles. The Kier molecular flexibility index (Phi) is 3.90. The van der Waals surface area contributed by atoms with Crippen molar-refractivity contribution in [2.45, 2.75) is 32.2 Å². The van der Waals surface area contributed by atoms with E-state index in [1.807, 2.05) is 13.0 Å². The second-order valence-electron chi connectivity index (χ2n) is 4.83. The van der Waals surface area contributed by atoms with Crippen LogP contribution >= 0.6 is 27.3 Å². The first-order chi connectivity index (χ1) is 8.00. The molecular weight excluding hydrogens is 300 g/mol. The fraction of sp³-hybridized carbons (Fsp3) is 0.583. The molecule has 2 rings (SSSR count). The summed E-state index contributed by atoms with van der Waals surface area (Å²) in [5.74, 6) is 0.0493. The monoisotopic (exact) mass is 316 g/mol. The molecule has 2 N–H and O–H groups in total. The molecule has 17 heavy (non-hydrogen) atoms. The molecule has 1 fully saturated rings. The van der Waals surface area contributed by atoms with Crippen molar-refractivity contribution in [3.05, 3.63) is 20.3 Å². The summed E-state index contributed by atoms with van der Waals surface area (Å²) in [5, 5.41) is 6.47. The summed E-state index contributed by atoms with van der Waals surface area (Å²) in [6.45, 7) is 6.08. The maximum absolute atomic E-state index is 12.1. The van der Waals surface area contributed by atoms with E-state index in [4.69, 9.17) is 0 Å². The molecule has 0 unspecified atom stereocenters. The van der Waals surface area contributed by atoms with E-state index in [0.29, 0.717) is 0 Å². The van der Waals surface area contributed by atoms with Crippen LogP contribution in [0.15, 0.2) is 9.85 Å². The van der Waals surface area contributed by atoms with Gasteiger partial charge in [0.25, 0.3) is 5.91 Å². The van der Waals surface area contributed by atoms with Crippen LogP contribution in [-0.4, -0.2) is 24.5 Å². The van der Waals surface area contributed by atoms with Gasteiger partial charge in [0.2, 0.25) is 0 Å². The molecule has 0 aliphatic carbocycles. The van der Waals surface area contributed by atoms with Crippen LogP contribution in [0.25, 0.3) is 0 Å². The Morgan fingerprint density at radius 3 is 2.71 bits per heavy atom. The van der Waals surface area contributed by atoms with Crippen LogP contribution in [0.5, 0.6) is 0 Å². The van der Waals surface area contributed by atoms with Gasteiger partial charge in [-0.2, -0.15) is 0 Å². The average molecular weight is 317 g/mol. The molecule has 1 amide bonds. The fourth-order valence-electron chi connectivity index (χ4n) is 2.01. The van der Waals surface area contributed by atoms with Gasteiger partial charge in [-0.15, -0.1) is 11.3 Å². The summed E-state index contributed by atoms with van der Waals surface area (Å²) in [6, 6.07) is 1.94. The molecule has 2 heterocycles. The maximum atomic E-state index is 12.1. The molecule has 3 nitrogen and oxygen atoms in total. The van der Waals surface area contributed by atoms with Gasteiger partial charge in [0.05, 0.1) is 8.66 Å². The number of carbonyl (C=O) groups excluding carboxylic acids is 1. The topological polar surface area (TPSA) is 41.1 Å². The van der Waals surface area contributed by atoms with Crippen molar-refractivity contribution in [1.29, 1.82) is 0 Å². The normalized spacial score (nSPS) is 19.0. The molecule has 0 radical (unpaired) electrons. The maximum Gasteiger partial charge on any atom is 0.261 e. The first-order valence-corrected chi connectivity index (χ1v) is 7.40. The van der Waals surface area contributed by atoms with Crippen molar-refractivity contribution in [2.75, 3.05) is 13.1 Å². The molecule has 1 aromatic heterocycles. The molecule has 1 saturated heterocycles. The number of piperidine rings is 1. The van der Waals surface area contributed by atoms with Gasteiger partial charge < -0.3 is 10.6 Å². The van der Waals surface area contributed by atoms with Gasteiger partial charge in [-0.1, -0.05) is 0 Å². The van der Waals surface area contributed by atoms with Crippen LogP contribution < -0.4 is 10.6 Å². The lowest BCUT2D eigenvalue weighted by Gasteiger charge is -2.34. The molecule has 1 aliphatic rings.